The van der Waals surface area contributed by atoms with Crippen molar-refractivity contribution in [3.05, 3.63) is 71.1 Å². The second-order valence-corrected chi connectivity index (χ2v) is 4.87. The summed E-state index contributed by atoms with van der Waals surface area (Å²) in [5, 5.41) is 14.0. The minimum Gasteiger partial charge on any atom is -0.507 e. The van der Waals surface area contributed by atoms with Crippen LogP contribution in [0.3, 0.4) is 0 Å². The fraction of sp³-hybridized carbons (Fsp3) is 0. The lowest BCUT2D eigenvalue weighted by Gasteiger charge is -1.97. The average Bonchev–Trinajstić information content (AvgIpc) is 2.89. The van der Waals surface area contributed by atoms with E-state index in [1.54, 1.807) is 29.1 Å². The minimum absolute atomic E-state index is 0.187. The van der Waals surface area contributed by atoms with Crippen molar-refractivity contribution in [1.82, 2.24) is 9.66 Å². The molecule has 1 aromatic heterocycles. The Morgan fingerprint density at radius 2 is 1.76 bits per heavy atom. The predicted octanol–water partition coefficient (Wildman–Crippen LogP) is 3.80. The van der Waals surface area contributed by atoms with E-state index in [1.807, 2.05) is 42.6 Å². The SMILES string of the molecule is Oc1ccccc1/C=N/n1cc(-c2ccccc2)[nH]c1=S. The molecule has 21 heavy (non-hydrogen) atoms. The number of aromatic nitrogens is 2. The van der Waals surface area contributed by atoms with E-state index in [2.05, 4.69) is 10.1 Å². The third kappa shape index (κ3) is 2.93. The Labute approximate surface area is 127 Å². The molecule has 0 saturated carbocycles. The molecule has 2 N–H and O–H groups in total. The molecule has 0 bridgehead atoms. The van der Waals surface area contributed by atoms with Crippen LogP contribution < -0.4 is 0 Å². The number of hydrogen-bond acceptors (Lipinski definition) is 3. The predicted molar refractivity (Wildman–Crippen MR) is 86.2 cm³/mol. The fourth-order valence-corrected chi connectivity index (χ4v) is 2.17. The zero-order valence-corrected chi connectivity index (χ0v) is 11.9. The van der Waals surface area contributed by atoms with Crippen molar-refractivity contribution in [1.29, 1.82) is 0 Å². The van der Waals surface area contributed by atoms with Crippen LogP contribution >= 0.6 is 12.2 Å². The zero-order chi connectivity index (χ0) is 14.7. The molecule has 0 amide bonds. The first-order chi connectivity index (χ1) is 10.2. The van der Waals surface area contributed by atoms with Gasteiger partial charge in [-0.15, -0.1) is 0 Å². The molecule has 2 aromatic carbocycles. The van der Waals surface area contributed by atoms with Gasteiger partial charge in [-0.25, -0.2) is 4.68 Å². The summed E-state index contributed by atoms with van der Waals surface area (Å²) in [7, 11) is 0. The van der Waals surface area contributed by atoms with Crippen molar-refractivity contribution in [3.63, 3.8) is 0 Å². The van der Waals surface area contributed by atoms with Crippen molar-refractivity contribution < 1.29 is 5.11 Å². The molecule has 1 heterocycles. The Kier molecular flexibility index (Phi) is 3.66. The van der Waals surface area contributed by atoms with Crippen LogP contribution in [-0.2, 0) is 0 Å². The Hall–Kier alpha value is -2.66. The molecule has 3 aromatic rings. The molecular formula is C16H13N3OS. The quantitative estimate of drug-likeness (QED) is 0.570. The number of nitrogens with zero attached hydrogens (tertiary/aromatic N) is 2. The molecule has 0 aliphatic rings. The van der Waals surface area contributed by atoms with Crippen LogP contribution in [0.25, 0.3) is 11.3 Å². The third-order valence-corrected chi connectivity index (χ3v) is 3.33. The van der Waals surface area contributed by atoms with Gasteiger partial charge in [0, 0.05) is 5.56 Å². The number of phenols is 1. The monoisotopic (exact) mass is 295 g/mol. The van der Waals surface area contributed by atoms with Crippen LogP contribution in [0.15, 0.2) is 65.9 Å². The van der Waals surface area contributed by atoms with Gasteiger partial charge >= 0.3 is 0 Å². The summed E-state index contributed by atoms with van der Waals surface area (Å²) < 4.78 is 2.07. The van der Waals surface area contributed by atoms with Crippen molar-refractivity contribution in [2.75, 3.05) is 0 Å². The first kappa shape index (κ1) is 13.3. The van der Waals surface area contributed by atoms with Gasteiger partial charge in [-0.3, -0.25) is 0 Å². The third-order valence-electron chi connectivity index (χ3n) is 3.04. The standard InChI is InChI=1S/C16H13N3OS/c20-15-9-5-4-8-13(15)10-17-19-11-14(18-16(19)21)12-6-2-1-3-7-12/h1-11,20H,(H,18,21)/b17-10+. The molecule has 0 radical (unpaired) electrons. The molecule has 5 heteroatoms. The van der Waals surface area contributed by atoms with E-state index in [0.29, 0.717) is 10.3 Å². The highest BCUT2D eigenvalue weighted by Gasteiger charge is 2.02. The van der Waals surface area contributed by atoms with Crippen LogP contribution in [0.2, 0.25) is 0 Å². The van der Waals surface area contributed by atoms with E-state index in [0.717, 1.165) is 11.3 Å². The number of aromatic hydroxyl groups is 1. The van der Waals surface area contributed by atoms with Crippen LogP contribution in [0.5, 0.6) is 5.75 Å². The summed E-state index contributed by atoms with van der Waals surface area (Å²) in [6.07, 6.45) is 3.40. The number of nitrogens with one attached hydrogen (secondary N) is 1. The number of phenolic OH excluding ortho intramolecular Hbond substituents is 1. The lowest BCUT2D eigenvalue weighted by atomic mass is 10.2. The molecule has 0 unspecified atom stereocenters. The number of imidazole rings is 1. The van der Waals surface area contributed by atoms with Gasteiger partial charge in [0.1, 0.15) is 5.75 Å². The van der Waals surface area contributed by atoms with Crippen molar-refractivity contribution in [2.45, 2.75) is 0 Å². The second kappa shape index (κ2) is 5.76. The smallest absolute Gasteiger partial charge is 0.198 e. The van der Waals surface area contributed by atoms with Crippen molar-refractivity contribution in [3.8, 4) is 17.0 Å². The molecule has 0 aliphatic carbocycles. The zero-order valence-electron chi connectivity index (χ0n) is 11.1. The molecule has 104 valence electrons. The molecule has 3 rings (SSSR count). The first-order valence-electron chi connectivity index (χ1n) is 6.43. The van der Waals surface area contributed by atoms with E-state index >= 15 is 0 Å². The summed E-state index contributed by atoms with van der Waals surface area (Å²) in [5.74, 6) is 0.187. The van der Waals surface area contributed by atoms with Crippen LogP contribution in [-0.4, -0.2) is 21.0 Å². The second-order valence-electron chi connectivity index (χ2n) is 4.49. The van der Waals surface area contributed by atoms with Gasteiger partial charge in [0.05, 0.1) is 18.1 Å². The Morgan fingerprint density at radius 3 is 2.52 bits per heavy atom. The maximum atomic E-state index is 9.71. The summed E-state index contributed by atoms with van der Waals surface area (Å²) in [6.45, 7) is 0. The maximum Gasteiger partial charge on any atom is 0.198 e. The van der Waals surface area contributed by atoms with E-state index in [9.17, 15) is 5.11 Å². The van der Waals surface area contributed by atoms with Crippen LogP contribution in [0, 0.1) is 4.77 Å². The summed E-state index contributed by atoms with van der Waals surface area (Å²) in [4.78, 5) is 3.11. The lowest BCUT2D eigenvalue weighted by molar-refractivity contribution is 0.474. The highest BCUT2D eigenvalue weighted by Crippen LogP contribution is 2.17. The topological polar surface area (TPSA) is 53.3 Å². The number of hydrogen-bond donors (Lipinski definition) is 2. The Morgan fingerprint density at radius 1 is 1.05 bits per heavy atom. The summed E-state index contributed by atoms with van der Waals surface area (Å²) >= 11 is 5.25. The number of rotatable bonds is 3. The summed E-state index contributed by atoms with van der Waals surface area (Å²) in [6, 6.07) is 16.9. The van der Waals surface area contributed by atoms with Crippen molar-refractivity contribution >= 4 is 18.4 Å². The molecule has 0 fully saturated rings. The number of H-pyrrole nitrogens is 1. The summed E-state index contributed by atoms with van der Waals surface area (Å²) in [5.41, 5.74) is 2.58. The number of benzene rings is 2. The van der Waals surface area contributed by atoms with Gasteiger partial charge in [0.2, 0.25) is 0 Å². The Balaban J connectivity index is 1.93. The van der Waals surface area contributed by atoms with Gasteiger partial charge in [0.15, 0.2) is 4.77 Å². The fourth-order valence-electron chi connectivity index (χ4n) is 1.96. The number of para-hydroxylation sites is 1. The minimum atomic E-state index is 0.187. The van der Waals surface area contributed by atoms with E-state index in [-0.39, 0.29) is 5.75 Å². The van der Waals surface area contributed by atoms with Crippen LogP contribution in [0.1, 0.15) is 5.56 Å². The van der Waals surface area contributed by atoms with Gasteiger partial charge < -0.3 is 10.1 Å². The molecule has 0 aliphatic heterocycles. The molecule has 0 saturated heterocycles. The highest BCUT2D eigenvalue weighted by atomic mass is 32.1. The highest BCUT2D eigenvalue weighted by molar-refractivity contribution is 7.71. The van der Waals surface area contributed by atoms with Gasteiger partial charge in [-0.1, -0.05) is 42.5 Å². The van der Waals surface area contributed by atoms with E-state index < -0.39 is 0 Å². The largest absolute Gasteiger partial charge is 0.507 e. The van der Waals surface area contributed by atoms with Crippen LogP contribution in [0.4, 0.5) is 0 Å². The normalized spacial score (nSPS) is 11.0. The molecule has 4 nitrogen and oxygen atoms in total. The maximum absolute atomic E-state index is 9.71. The van der Waals surface area contributed by atoms with Gasteiger partial charge in [-0.05, 0) is 29.9 Å². The lowest BCUT2D eigenvalue weighted by Crippen LogP contribution is -1.89. The average molecular weight is 295 g/mol. The van der Waals surface area contributed by atoms with E-state index in [1.165, 1.54) is 0 Å². The first-order valence-corrected chi connectivity index (χ1v) is 6.84. The van der Waals surface area contributed by atoms with Crippen molar-refractivity contribution in [2.24, 2.45) is 5.10 Å². The van der Waals surface area contributed by atoms with Gasteiger partial charge in [0.25, 0.3) is 0 Å². The number of aromatic amines is 1. The molecular weight excluding hydrogens is 282 g/mol. The Bertz CT molecular complexity index is 834. The molecule has 0 spiro atoms. The van der Waals surface area contributed by atoms with Gasteiger partial charge in [-0.2, -0.15) is 5.10 Å². The molecule has 0 atom stereocenters. The van der Waals surface area contributed by atoms with E-state index in [4.69, 9.17) is 12.2 Å².